The summed E-state index contributed by atoms with van der Waals surface area (Å²) in [6, 6.07) is 2.26. The molecule has 0 radical (unpaired) electrons. The number of urea groups is 1. The van der Waals surface area contributed by atoms with E-state index in [4.69, 9.17) is 4.74 Å². The molecule has 2 rings (SSSR count). The van der Waals surface area contributed by atoms with Crippen LogP contribution in [0.1, 0.15) is 38.6 Å². The Hall–Kier alpha value is -1.85. The molecule has 1 aromatic heterocycles. The van der Waals surface area contributed by atoms with Crippen LogP contribution in [0.5, 0.6) is 6.01 Å². The Balaban J connectivity index is 1.92. The maximum Gasteiger partial charge on any atom is 0.317 e. The number of likely N-dealkylation sites (tertiary alicyclic amines) is 1. The third kappa shape index (κ3) is 4.58. The first-order chi connectivity index (χ1) is 9.73. The van der Waals surface area contributed by atoms with Crippen LogP contribution in [-0.4, -0.2) is 45.6 Å². The first-order valence-electron chi connectivity index (χ1n) is 7.29. The van der Waals surface area contributed by atoms with Gasteiger partial charge in [-0.3, -0.25) is 0 Å². The maximum absolute atomic E-state index is 12.1. The second kappa shape index (κ2) is 5.87. The van der Waals surface area contributed by atoms with Gasteiger partial charge < -0.3 is 15.0 Å². The van der Waals surface area contributed by atoms with E-state index in [-0.39, 0.29) is 17.7 Å². The van der Waals surface area contributed by atoms with Crippen LogP contribution in [0.2, 0.25) is 0 Å². The van der Waals surface area contributed by atoms with Crippen LogP contribution in [0.25, 0.3) is 0 Å². The fourth-order valence-electron chi connectivity index (χ4n) is 2.30. The Morgan fingerprint density at radius 3 is 2.52 bits per heavy atom. The molecule has 1 fully saturated rings. The third-order valence-corrected chi connectivity index (χ3v) is 3.15. The van der Waals surface area contributed by atoms with E-state index in [0.29, 0.717) is 19.1 Å². The number of nitrogens with zero attached hydrogens (tertiary/aromatic N) is 3. The van der Waals surface area contributed by atoms with Gasteiger partial charge in [0.25, 0.3) is 0 Å². The van der Waals surface area contributed by atoms with Crippen LogP contribution in [0.15, 0.2) is 6.07 Å². The van der Waals surface area contributed by atoms with E-state index < -0.39 is 0 Å². The topological polar surface area (TPSA) is 67.3 Å². The van der Waals surface area contributed by atoms with Crippen molar-refractivity contribution >= 4 is 6.03 Å². The predicted molar refractivity (Wildman–Crippen MR) is 80.4 cm³/mol. The SMILES string of the molecule is Cc1cc(C)nc(OC2CCN(C(=O)NC(C)(C)C)C2)n1. The Bertz CT molecular complexity index is 505. The molecular formula is C15H24N4O2. The molecule has 1 unspecified atom stereocenters. The zero-order chi connectivity index (χ0) is 15.6. The minimum atomic E-state index is -0.229. The number of nitrogens with one attached hydrogen (secondary N) is 1. The highest BCUT2D eigenvalue weighted by molar-refractivity contribution is 5.75. The van der Waals surface area contributed by atoms with E-state index in [9.17, 15) is 4.79 Å². The number of carbonyl (C=O) groups excluding carboxylic acids is 1. The molecule has 1 N–H and O–H groups in total. The molecular weight excluding hydrogens is 268 g/mol. The summed E-state index contributed by atoms with van der Waals surface area (Å²) >= 11 is 0. The van der Waals surface area contributed by atoms with Gasteiger partial charge in [-0.1, -0.05) is 0 Å². The predicted octanol–water partition coefficient (Wildman–Crippen LogP) is 2.05. The minimum absolute atomic E-state index is 0.0445. The molecule has 1 atom stereocenters. The molecule has 0 aromatic carbocycles. The third-order valence-electron chi connectivity index (χ3n) is 3.15. The summed E-state index contributed by atoms with van der Waals surface area (Å²) in [5, 5.41) is 2.96. The van der Waals surface area contributed by atoms with Crippen LogP contribution in [0, 0.1) is 13.8 Å². The fourth-order valence-corrected chi connectivity index (χ4v) is 2.30. The highest BCUT2D eigenvalue weighted by Crippen LogP contribution is 2.16. The lowest BCUT2D eigenvalue weighted by Gasteiger charge is -2.25. The largest absolute Gasteiger partial charge is 0.458 e. The van der Waals surface area contributed by atoms with Gasteiger partial charge in [-0.2, -0.15) is 0 Å². The molecule has 2 heterocycles. The molecule has 1 aliphatic rings. The van der Waals surface area contributed by atoms with Gasteiger partial charge in [0.1, 0.15) is 6.10 Å². The Morgan fingerprint density at radius 2 is 1.95 bits per heavy atom. The first kappa shape index (κ1) is 15.5. The van der Waals surface area contributed by atoms with Gasteiger partial charge >= 0.3 is 12.0 Å². The van der Waals surface area contributed by atoms with Crippen molar-refractivity contribution in [3.8, 4) is 6.01 Å². The smallest absolute Gasteiger partial charge is 0.317 e. The van der Waals surface area contributed by atoms with E-state index in [1.54, 1.807) is 4.90 Å². The molecule has 1 aromatic rings. The van der Waals surface area contributed by atoms with Gasteiger partial charge in [-0.05, 0) is 40.7 Å². The molecule has 0 aliphatic carbocycles. The zero-order valence-electron chi connectivity index (χ0n) is 13.4. The number of aryl methyl sites for hydroxylation is 2. The molecule has 2 amide bonds. The summed E-state index contributed by atoms with van der Waals surface area (Å²) in [6.45, 7) is 11.0. The van der Waals surface area contributed by atoms with Crippen molar-refractivity contribution in [2.24, 2.45) is 0 Å². The molecule has 6 heteroatoms. The van der Waals surface area contributed by atoms with Crippen molar-refractivity contribution in [3.05, 3.63) is 17.5 Å². The molecule has 0 spiro atoms. The van der Waals surface area contributed by atoms with Gasteiger partial charge in [0.05, 0.1) is 6.54 Å². The van der Waals surface area contributed by atoms with E-state index in [1.165, 1.54) is 0 Å². The lowest BCUT2D eigenvalue weighted by Crippen LogP contribution is -2.48. The highest BCUT2D eigenvalue weighted by Gasteiger charge is 2.29. The molecule has 1 saturated heterocycles. The van der Waals surface area contributed by atoms with Crippen molar-refractivity contribution in [1.29, 1.82) is 0 Å². The van der Waals surface area contributed by atoms with Crippen LogP contribution < -0.4 is 10.1 Å². The first-order valence-corrected chi connectivity index (χ1v) is 7.29. The normalized spacial score (nSPS) is 18.7. The van der Waals surface area contributed by atoms with E-state index >= 15 is 0 Å². The summed E-state index contributed by atoms with van der Waals surface area (Å²) in [6.07, 6.45) is 0.755. The monoisotopic (exact) mass is 292 g/mol. The molecule has 1 aliphatic heterocycles. The molecule has 0 bridgehead atoms. The number of aromatic nitrogens is 2. The van der Waals surface area contributed by atoms with Crippen LogP contribution >= 0.6 is 0 Å². The fraction of sp³-hybridized carbons (Fsp3) is 0.667. The average molecular weight is 292 g/mol. The van der Waals surface area contributed by atoms with Crippen molar-refractivity contribution in [2.45, 2.75) is 52.7 Å². The number of carbonyl (C=O) groups is 1. The molecule has 21 heavy (non-hydrogen) atoms. The van der Waals surface area contributed by atoms with Gasteiger partial charge in [0.15, 0.2) is 0 Å². The van der Waals surface area contributed by atoms with E-state index in [0.717, 1.165) is 17.8 Å². The molecule has 0 saturated carbocycles. The van der Waals surface area contributed by atoms with Gasteiger partial charge in [0, 0.05) is 29.9 Å². The van der Waals surface area contributed by atoms with Crippen molar-refractivity contribution in [1.82, 2.24) is 20.2 Å². The summed E-state index contributed by atoms with van der Waals surface area (Å²) in [5.41, 5.74) is 1.54. The van der Waals surface area contributed by atoms with Gasteiger partial charge in [-0.15, -0.1) is 0 Å². The number of ether oxygens (including phenoxy) is 1. The van der Waals surface area contributed by atoms with E-state index in [1.807, 2.05) is 40.7 Å². The summed E-state index contributed by atoms with van der Waals surface area (Å²) in [5.74, 6) is 0. The lowest BCUT2D eigenvalue weighted by molar-refractivity contribution is 0.173. The van der Waals surface area contributed by atoms with Crippen molar-refractivity contribution in [3.63, 3.8) is 0 Å². The van der Waals surface area contributed by atoms with Crippen LogP contribution in [0.3, 0.4) is 0 Å². The Labute approximate surface area is 125 Å². The number of rotatable bonds is 2. The van der Waals surface area contributed by atoms with Crippen molar-refractivity contribution < 1.29 is 9.53 Å². The summed E-state index contributed by atoms with van der Waals surface area (Å²) in [7, 11) is 0. The zero-order valence-corrected chi connectivity index (χ0v) is 13.4. The van der Waals surface area contributed by atoms with Crippen LogP contribution in [0.4, 0.5) is 4.79 Å². The number of hydrogen-bond acceptors (Lipinski definition) is 4. The maximum atomic E-state index is 12.1. The van der Waals surface area contributed by atoms with Crippen molar-refractivity contribution in [2.75, 3.05) is 13.1 Å². The van der Waals surface area contributed by atoms with E-state index in [2.05, 4.69) is 15.3 Å². The highest BCUT2D eigenvalue weighted by atomic mass is 16.5. The Morgan fingerprint density at radius 1 is 1.33 bits per heavy atom. The second-order valence-corrected chi connectivity index (χ2v) is 6.59. The summed E-state index contributed by atoms with van der Waals surface area (Å²) < 4.78 is 5.80. The molecule has 6 nitrogen and oxygen atoms in total. The number of hydrogen-bond donors (Lipinski definition) is 1. The second-order valence-electron chi connectivity index (χ2n) is 6.59. The lowest BCUT2D eigenvalue weighted by atomic mass is 10.1. The standard InChI is InChI=1S/C15H24N4O2/c1-10-8-11(2)17-13(16-10)21-12-6-7-19(9-12)14(20)18-15(3,4)5/h8,12H,6-7,9H2,1-5H3,(H,18,20). The molecule has 116 valence electrons. The minimum Gasteiger partial charge on any atom is -0.458 e. The van der Waals surface area contributed by atoms with Crippen LogP contribution in [-0.2, 0) is 0 Å². The quantitative estimate of drug-likeness (QED) is 0.906. The van der Waals surface area contributed by atoms with Gasteiger partial charge in [0.2, 0.25) is 0 Å². The van der Waals surface area contributed by atoms with Gasteiger partial charge in [-0.25, -0.2) is 14.8 Å². The Kier molecular flexibility index (Phi) is 4.34. The summed E-state index contributed by atoms with van der Waals surface area (Å²) in [4.78, 5) is 22.4. The average Bonchev–Trinajstić information content (AvgIpc) is 2.73. The number of amides is 2.